The van der Waals surface area contributed by atoms with Crippen molar-refractivity contribution in [1.29, 1.82) is 0 Å². The molecule has 0 amide bonds. The van der Waals surface area contributed by atoms with E-state index in [1.165, 1.54) is 12.3 Å². The molecule has 0 unspecified atom stereocenters. The number of nitrogens with zero attached hydrogens (tertiary/aromatic N) is 2. The van der Waals surface area contributed by atoms with Crippen LogP contribution in [0.5, 0.6) is 0 Å². The number of allylic oxidation sites excluding steroid dienone is 2. The lowest BCUT2D eigenvalue weighted by Gasteiger charge is -2.44. The molecule has 15 atom stereocenters. The van der Waals surface area contributed by atoms with Gasteiger partial charge >= 0.3 is 5.97 Å². The van der Waals surface area contributed by atoms with Gasteiger partial charge in [-0.15, -0.1) is 6.58 Å². The molecule has 0 spiro atoms. The van der Waals surface area contributed by atoms with Gasteiger partial charge in [0.25, 0.3) is 0 Å². The largest absolute Gasteiger partial charge is 0.458 e. The van der Waals surface area contributed by atoms with Gasteiger partial charge in [0.15, 0.2) is 11.7 Å². The number of hydrogen-bond acceptors (Lipinski definition) is 15. The Morgan fingerprint density at radius 2 is 1.76 bits per heavy atom. The number of fused-ring (bicyclic) bond motifs is 9. The number of aromatic nitrogens is 2. The summed E-state index contributed by atoms with van der Waals surface area (Å²) in [5.41, 5.74) is 3.86. The van der Waals surface area contributed by atoms with Gasteiger partial charge < -0.3 is 57.3 Å². The molecule has 5 aliphatic rings. The predicted molar refractivity (Wildman–Crippen MR) is 254 cm³/mol. The van der Waals surface area contributed by atoms with Gasteiger partial charge in [-0.25, -0.2) is 14.8 Å². The van der Waals surface area contributed by atoms with Crippen molar-refractivity contribution >= 4 is 18.1 Å². The quantitative estimate of drug-likeness (QED) is 0.105. The molecule has 0 aliphatic carbocycles. The molecule has 15 nitrogen and oxygen atoms in total. The second kappa shape index (κ2) is 23.5. The van der Waals surface area contributed by atoms with Crippen molar-refractivity contribution in [2.75, 3.05) is 14.2 Å². The molecule has 68 heavy (non-hydrogen) atoms. The Labute approximate surface area is 400 Å². The molecule has 0 radical (unpaired) electrons. The van der Waals surface area contributed by atoms with Crippen molar-refractivity contribution in [3.8, 4) is 0 Å². The Balaban J connectivity index is 1.07. The number of carbonyl (C=O) groups is 1. The van der Waals surface area contributed by atoms with Gasteiger partial charge in [-0.05, 0) is 70.1 Å². The van der Waals surface area contributed by atoms with Crippen LogP contribution in [0.2, 0.25) is 0 Å². The minimum absolute atomic E-state index is 0.0825. The first-order chi connectivity index (χ1) is 32.6. The summed E-state index contributed by atoms with van der Waals surface area (Å²) in [5.74, 6) is -1.94. The SMILES string of the molecule is C=CC[C@H](C=CC(C)=C[C@@H](O)[C@H]1C[C@@H](OC)C[C@@](O)(Cc2nc(C=C(C)[C@@H]3O[C@@H]4CC=Cc5nc(co5)[C@H]5C[C@H](O)C[C@@H](C[C@H]6CC(=C)C[C@H](CC=CC(=O)O[C@@H]([C@H]4C)[C@H]3C)O6)O5)co2)O1)OC. The van der Waals surface area contributed by atoms with Crippen molar-refractivity contribution in [3.63, 3.8) is 0 Å². The summed E-state index contributed by atoms with van der Waals surface area (Å²) in [6.45, 7) is 15.9. The first-order valence-corrected chi connectivity index (χ1v) is 24.1. The van der Waals surface area contributed by atoms with Crippen LogP contribution in [0.4, 0.5) is 0 Å². The molecule has 3 N–H and O–H groups in total. The predicted octanol–water partition coefficient (Wildman–Crippen LogP) is 8.04. The normalized spacial score (nSPS) is 35.4. The fraction of sp³-hybridized carbons (Fsp3) is 0.604. The summed E-state index contributed by atoms with van der Waals surface area (Å²) in [5, 5.41) is 33.9. The second-order valence-electron chi connectivity index (χ2n) is 19.4. The minimum atomic E-state index is -1.73. The first-order valence-electron chi connectivity index (χ1n) is 24.1. The Kier molecular flexibility index (Phi) is 17.9. The number of aliphatic hydroxyl groups excluding tert-OH is 2. The Hall–Kier alpha value is -4.29. The number of hydrogen-bond donors (Lipinski definition) is 3. The zero-order valence-electron chi connectivity index (χ0n) is 40.4. The Morgan fingerprint density at radius 3 is 2.54 bits per heavy atom. The molecular formula is C53H72N2O13. The maximum Gasteiger partial charge on any atom is 0.330 e. The van der Waals surface area contributed by atoms with Gasteiger partial charge in [0.05, 0.1) is 67.5 Å². The van der Waals surface area contributed by atoms with Gasteiger partial charge in [0.1, 0.15) is 36.1 Å². The molecule has 8 bridgehead atoms. The van der Waals surface area contributed by atoms with Gasteiger partial charge in [0.2, 0.25) is 5.89 Å². The molecule has 4 fully saturated rings. The monoisotopic (exact) mass is 945 g/mol. The van der Waals surface area contributed by atoms with E-state index < -0.39 is 48.4 Å². The van der Waals surface area contributed by atoms with Crippen LogP contribution in [0, 0.1) is 11.8 Å². The van der Waals surface area contributed by atoms with Crippen molar-refractivity contribution in [2.24, 2.45) is 11.8 Å². The fourth-order valence-corrected chi connectivity index (χ4v) is 10.3. The number of methoxy groups -OCH3 is 2. The van der Waals surface area contributed by atoms with Crippen molar-refractivity contribution < 1.29 is 62.1 Å². The highest BCUT2D eigenvalue weighted by atomic mass is 16.6. The zero-order chi connectivity index (χ0) is 48.5. The van der Waals surface area contributed by atoms with Gasteiger partial charge in [-0.1, -0.05) is 68.0 Å². The number of carbonyl (C=O) groups excluding carboxylic acids is 1. The van der Waals surface area contributed by atoms with Crippen LogP contribution in [0.15, 0.2) is 93.8 Å². The summed E-state index contributed by atoms with van der Waals surface area (Å²) >= 11 is 0. The third kappa shape index (κ3) is 13.7. The van der Waals surface area contributed by atoms with Gasteiger partial charge in [-0.2, -0.15) is 0 Å². The number of ether oxygens (including phenoxy) is 7. The molecule has 2 aromatic heterocycles. The average Bonchev–Trinajstić information content (AvgIpc) is 3.95. The van der Waals surface area contributed by atoms with E-state index in [4.69, 9.17) is 52.0 Å². The van der Waals surface area contributed by atoms with Gasteiger partial charge in [-0.3, -0.25) is 0 Å². The summed E-state index contributed by atoms with van der Waals surface area (Å²) in [6, 6.07) is 0. The summed E-state index contributed by atoms with van der Waals surface area (Å²) in [6.07, 6.45) is 19.2. The Morgan fingerprint density at radius 1 is 0.971 bits per heavy atom. The van der Waals surface area contributed by atoms with E-state index >= 15 is 0 Å². The van der Waals surface area contributed by atoms with E-state index in [-0.39, 0.29) is 67.2 Å². The number of esters is 1. The fourth-order valence-electron chi connectivity index (χ4n) is 10.3. The van der Waals surface area contributed by atoms with E-state index in [2.05, 4.69) is 13.2 Å². The van der Waals surface area contributed by atoms with Crippen LogP contribution in [0.3, 0.4) is 0 Å². The average molecular weight is 945 g/mol. The van der Waals surface area contributed by atoms with Crippen LogP contribution in [0.1, 0.15) is 121 Å². The number of aliphatic hydroxyl groups is 3. The standard InChI is InChI=1S/C53H72N2O13/c1-9-12-38(60-7)18-17-31(2)21-44(57)47-26-42(61-8)27-53(59,68-47)28-49-54-36(29-62-49)22-33(4)51-35(6)52-34(5)45(66-51)14-11-15-48-55-43(30-63-48)46-24-37(56)23-41(65-46)25-40-20-32(3)19-39(64-40)13-10-16-50(58)67-52/h9-11,15-18,21-22,29-30,34-35,37-42,44-47,51-52,56-57,59H,1,3,12-14,19-20,23-28H2,2,4-8H3/t34-,35-,37+,38+,39-,40+,41-,42+,44+,45+,46+,47+,51-,52-,53-/m0/s1. The summed E-state index contributed by atoms with van der Waals surface area (Å²) < 4.78 is 55.1. The van der Waals surface area contributed by atoms with Crippen LogP contribution in [-0.2, 0) is 44.4 Å². The lowest BCUT2D eigenvalue weighted by atomic mass is 9.79. The Bertz CT molecular complexity index is 2170. The van der Waals surface area contributed by atoms with Crippen LogP contribution in [-0.4, -0.2) is 118 Å². The van der Waals surface area contributed by atoms with Crippen LogP contribution < -0.4 is 0 Å². The summed E-state index contributed by atoms with van der Waals surface area (Å²) in [4.78, 5) is 23.0. The molecule has 0 aromatic carbocycles. The van der Waals surface area contributed by atoms with Crippen LogP contribution >= 0.6 is 0 Å². The van der Waals surface area contributed by atoms with E-state index in [1.54, 1.807) is 38.7 Å². The zero-order valence-corrected chi connectivity index (χ0v) is 40.4. The van der Waals surface area contributed by atoms with E-state index in [1.807, 2.05) is 58.1 Å². The van der Waals surface area contributed by atoms with E-state index in [0.29, 0.717) is 75.1 Å². The number of rotatable bonds is 12. The molecule has 5 aliphatic heterocycles. The van der Waals surface area contributed by atoms with E-state index in [0.717, 1.165) is 16.7 Å². The molecule has 15 heteroatoms. The summed E-state index contributed by atoms with van der Waals surface area (Å²) in [7, 11) is 3.21. The minimum Gasteiger partial charge on any atom is -0.458 e. The molecule has 0 saturated carbocycles. The van der Waals surface area contributed by atoms with E-state index in [9.17, 15) is 20.1 Å². The van der Waals surface area contributed by atoms with Crippen LogP contribution in [0.25, 0.3) is 12.2 Å². The molecule has 4 saturated heterocycles. The lowest BCUT2D eigenvalue weighted by molar-refractivity contribution is -0.286. The maximum absolute atomic E-state index is 13.5. The first kappa shape index (κ1) is 51.6. The third-order valence-corrected chi connectivity index (χ3v) is 13.8. The van der Waals surface area contributed by atoms with Crippen molar-refractivity contribution in [1.82, 2.24) is 9.97 Å². The highest BCUT2D eigenvalue weighted by molar-refractivity contribution is 5.82. The molecule has 7 rings (SSSR count). The highest BCUT2D eigenvalue weighted by Gasteiger charge is 2.45. The topological polar surface area (TPSA) is 194 Å². The van der Waals surface area contributed by atoms with Gasteiger partial charge in [0, 0.05) is 57.8 Å². The number of oxazole rings is 2. The lowest BCUT2D eigenvalue weighted by Crippen LogP contribution is -2.51. The molecular weight excluding hydrogens is 873 g/mol. The third-order valence-electron chi connectivity index (χ3n) is 13.8. The molecule has 2 aromatic rings. The highest BCUT2D eigenvalue weighted by Crippen LogP contribution is 2.40. The second-order valence-corrected chi connectivity index (χ2v) is 19.4. The smallest absolute Gasteiger partial charge is 0.330 e. The van der Waals surface area contributed by atoms with Crippen molar-refractivity contribution in [3.05, 3.63) is 108 Å². The maximum atomic E-state index is 13.5. The molecule has 372 valence electrons. The van der Waals surface area contributed by atoms with Crippen molar-refractivity contribution in [2.45, 2.75) is 177 Å². The molecule has 7 heterocycles.